The van der Waals surface area contributed by atoms with E-state index < -0.39 is 0 Å². The van der Waals surface area contributed by atoms with Crippen LogP contribution in [0.1, 0.15) is 18.9 Å². The van der Waals surface area contributed by atoms with Gasteiger partial charge in [-0.3, -0.25) is 13.9 Å². The first-order valence-corrected chi connectivity index (χ1v) is 10.6. The zero-order chi connectivity index (χ0) is 21.1. The molecule has 0 fully saturated rings. The van der Waals surface area contributed by atoms with Gasteiger partial charge in [-0.05, 0) is 36.8 Å². The van der Waals surface area contributed by atoms with Gasteiger partial charge < -0.3 is 5.32 Å². The summed E-state index contributed by atoms with van der Waals surface area (Å²) in [6, 6.07) is 17.4. The van der Waals surface area contributed by atoms with Gasteiger partial charge in [-0.25, -0.2) is 9.48 Å². The first-order valence-electron chi connectivity index (χ1n) is 9.81. The van der Waals surface area contributed by atoms with E-state index in [1.807, 2.05) is 55.5 Å². The molecule has 1 N–H and O–H groups in total. The van der Waals surface area contributed by atoms with E-state index in [1.165, 1.54) is 0 Å². The fraction of sp³-hybridized carbons (Fsp3) is 0.227. The highest BCUT2D eigenvalue weighted by Gasteiger charge is 2.14. The van der Waals surface area contributed by atoms with Crippen molar-refractivity contribution in [1.82, 2.24) is 18.9 Å². The van der Waals surface area contributed by atoms with Gasteiger partial charge >= 0.3 is 5.69 Å². The number of amides is 1. The molecular formula is C22H22BrN5O2. The van der Waals surface area contributed by atoms with Crippen LogP contribution in [0.5, 0.6) is 0 Å². The number of carbonyl (C=O) groups excluding carboxylic acids is 1. The molecule has 4 aromatic rings. The number of carbonyl (C=O) groups is 1. The number of aryl methyl sites for hydroxylation is 2. The molecule has 7 nitrogen and oxygen atoms in total. The maximum absolute atomic E-state index is 12.7. The van der Waals surface area contributed by atoms with Gasteiger partial charge in [0.15, 0.2) is 0 Å². The molecule has 0 spiro atoms. The number of nitrogens with zero attached hydrogens (tertiary/aromatic N) is 4. The van der Waals surface area contributed by atoms with E-state index in [-0.39, 0.29) is 18.0 Å². The predicted molar refractivity (Wildman–Crippen MR) is 121 cm³/mol. The Kier molecular flexibility index (Phi) is 5.85. The molecule has 0 unspecified atom stereocenters. The number of halogens is 1. The van der Waals surface area contributed by atoms with E-state index in [1.54, 1.807) is 26.1 Å². The van der Waals surface area contributed by atoms with E-state index in [0.717, 1.165) is 21.1 Å². The summed E-state index contributed by atoms with van der Waals surface area (Å²) in [4.78, 5) is 25.3. The Morgan fingerprint density at radius 3 is 2.57 bits per heavy atom. The van der Waals surface area contributed by atoms with Crippen LogP contribution in [0.25, 0.3) is 11.0 Å². The molecule has 4 rings (SSSR count). The number of aromatic nitrogens is 4. The molecular weight excluding hydrogens is 446 g/mol. The highest BCUT2D eigenvalue weighted by Crippen LogP contribution is 2.16. The molecule has 0 radical (unpaired) electrons. The fourth-order valence-electron chi connectivity index (χ4n) is 3.59. The summed E-state index contributed by atoms with van der Waals surface area (Å²) in [6.45, 7) is 3.40. The van der Waals surface area contributed by atoms with Gasteiger partial charge in [0.2, 0.25) is 5.91 Å². The Labute approximate surface area is 182 Å². The minimum atomic E-state index is -0.161. The number of anilines is 1. The summed E-state index contributed by atoms with van der Waals surface area (Å²) in [6.07, 6.45) is 1.85. The number of fused-ring (bicyclic) bond motifs is 1. The second kappa shape index (κ2) is 8.71. The van der Waals surface area contributed by atoms with E-state index in [2.05, 4.69) is 26.3 Å². The standard InChI is InChI=1S/C22H22BrN5O2/c1-2-26-18-8-3-4-9-19(18)27(22(26)30)13-11-21(29)25-20-10-12-24-28(20)15-16-6-5-7-17(23)14-16/h3-10,12,14H,2,11,13,15H2,1H3,(H,25,29). The summed E-state index contributed by atoms with van der Waals surface area (Å²) >= 11 is 3.47. The topological polar surface area (TPSA) is 73.8 Å². The maximum atomic E-state index is 12.7. The van der Waals surface area contributed by atoms with E-state index in [4.69, 9.17) is 0 Å². The minimum Gasteiger partial charge on any atom is -0.311 e. The maximum Gasteiger partial charge on any atom is 0.329 e. The van der Waals surface area contributed by atoms with E-state index in [9.17, 15) is 9.59 Å². The van der Waals surface area contributed by atoms with Crippen molar-refractivity contribution in [2.45, 2.75) is 33.0 Å². The first kappa shape index (κ1) is 20.2. The summed E-state index contributed by atoms with van der Waals surface area (Å²) in [5.74, 6) is 0.467. The van der Waals surface area contributed by atoms with Crippen LogP contribution in [0, 0.1) is 0 Å². The van der Waals surface area contributed by atoms with Crippen LogP contribution >= 0.6 is 15.9 Å². The summed E-state index contributed by atoms with van der Waals surface area (Å²) in [5, 5.41) is 7.22. The van der Waals surface area contributed by atoms with Gasteiger partial charge in [-0.2, -0.15) is 5.10 Å². The Hall–Kier alpha value is -3.13. The third kappa shape index (κ3) is 4.09. The molecule has 1 amide bonds. The fourth-order valence-corrected chi connectivity index (χ4v) is 4.03. The van der Waals surface area contributed by atoms with Crippen molar-refractivity contribution in [2.24, 2.45) is 0 Å². The molecule has 0 aliphatic rings. The summed E-state index contributed by atoms with van der Waals surface area (Å²) in [7, 11) is 0. The molecule has 0 saturated heterocycles. The molecule has 2 aromatic heterocycles. The number of hydrogen-bond donors (Lipinski definition) is 1. The quantitative estimate of drug-likeness (QED) is 0.448. The van der Waals surface area contributed by atoms with Crippen LogP contribution in [0.2, 0.25) is 0 Å². The smallest absolute Gasteiger partial charge is 0.311 e. The molecule has 0 bridgehead atoms. The average Bonchev–Trinajstić information content (AvgIpc) is 3.27. The lowest BCUT2D eigenvalue weighted by Crippen LogP contribution is -2.26. The molecule has 0 saturated carbocycles. The number of hydrogen-bond acceptors (Lipinski definition) is 3. The Balaban J connectivity index is 1.46. The van der Waals surface area contributed by atoms with Crippen molar-refractivity contribution in [1.29, 1.82) is 0 Å². The second-order valence-corrected chi connectivity index (χ2v) is 7.89. The van der Waals surface area contributed by atoms with Crippen LogP contribution in [0.3, 0.4) is 0 Å². The second-order valence-electron chi connectivity index (χ2n) is 6.97. The van der Waals surface area contributed by atoms with Crippen molar-refractivity contribution >= 4 is 38.7 Å². The molecule has 0 aliphatic heterocycles. The van der Waals surface area contributed by atoms with Crippen molar-refractivity contribution < 1.29 is 4.79 Å². The SMILES string of the molecule is CCn1c(=O)n(CCC(=O)Nc2ccnn2Cc2cccc(Br)c2)c2ccccc21. The van der Waals surface area contributed by atoms with Crippen LogP contribution in [0.4, 0.5) is 5.82 Å². The van der Waals surface area contributed by atoms with Crippen LogP contribution in [0.15, 0.2) is 70.1 Å². The molecule has 2 heterocycles. The van der Waals surface area contributed by atoms with E-state index in [0.29, 0.717) is 25.5 Å². The Morgan fingerprint density at radius 1 is 1.07 bits per heavy atom. The normalized spacial score (nSPS) is 11.1. The predicted octanol–water partition coefficient (Wildman–Crippen LogP) is 3.86. The van der Waals surface area contributed by atoms with Crippen molar-refractivity contribution in [2.75, 3.05) is 5.32 Å². The lowest BCUT2D eigenvalue weighted by Gasteiger charge is -2.10. The zero-order valence-electron chi connectivity index (χ0n) is 16.6. The van der Waals surface area contributed by atoms with Crippen molar-refractivity contribution in [3.8, 4) is 0 Å². The van der Waals surface area contributed by atoms with Crippen molar-refractivity contribution in [3.05, 3.63) is 81.3 Å². The van der Waals surface area contributed by atoms with Crippen molar-refractivity contribution in [3.63, 3.8) is 0 Å². The summed E-state index contributed by atoms with van der Waals surface area (Å²) < 4.78 is 6.13. The van der Waals surface area contributed by atoms with Crippen LogP contribution < -0.4 is 11.0 Å². The highest BCUT2D eigenvalue weighted by molar-refractivity contribution is 9.10. The molecule has 30 heavy (non-hydrogen) atoms. The van der Waals surface area contributed by atoms with Gasteiger partial charge in [-0.15, -0.1) is 0 Å². The monoisotopic (exact) mass is 467 g/mol. The lowest BCUT2D eigenvalue weighted by atomic mass is 10.2. The molecule has 0 aliphatic carbocycles. The van der Waals surface area contributed by atoms with E-state index >= 15 is 0 Å². The van der Waals surface area contributed by atoms with Gasteiger partial charge in [0, 0.05) is 30.0 Å². The average molecular weight is 468 g/mol. The third-order valence-corrected chi connectivity index (χ3v) is 5.50. The molecule has 8 heteroatoms. The van der Waals surface area contributed by atoms with Gasteiger partial charge in [0.05, 0.1) is 23.8 Å². The number of nitrogens with one attached hydrogen (secondary N) is 1. The van der Waals surface area contributed by atoms with Gasteiger partial charge in [-0.1, -0.05) is 40.2 Å². The number of rotatable bonds is 7. The van der Waals surface area contributed by atoms with Crippen LogP contribution in [-0.4, -0.2) is 24.8 Å². The van der Waals surface area contributed by atoms with Gasteiger partial charge in [0.1, 0.15) is 5.82 Å². The Morgan fingerprint density at radius 2 is 1.83 bits per heavy atom. The molecule has 2 aromatic carbocycles. The number of imidazole rings is 1. The van der Waals surface area contributed by atoms with Crippen LogP contribution in [-0.2, 0) is 24.4 Å². The Bertz CT molecular complexity index is 1250. The first-order chi connectivity index (χ1) is 14.6. The number of para-hydroxylation sites is 2. The summed E-state index contributed by atoms with van der Waals surface area (Å²) in [5.41, 5.74) is 2.71. The van der Waals surface area contributed by atoms with Gasteiger partial charge in [0.25, 0.3) is 0 Å². The number of benzene rings is 2. The molecule has 154 valence electrons. The highest BCUT2D eigenvalue weighted by atomic mass is 79.9. The minimum absolute atomic E-state index is 0.0915. The molecule has 0 atom stereocenters. The third-order valence-electron chi connectivity index (χ3n) is 5.01. The zero-order valence-corrected chi connectivity index (χ0v) is 18.2. The largest absolute Gasteiger partial charge is 0.329 e. The lowest BCUT2D eigenvalue weighted by molar-refractivity contribution is -0.116.